The molecule has 2 unspecified atom stereocenters. The van der Waals surface area contributed by atoms with Crippen LogP contribution in [-0.4, -0.2) is 67.0 Å². The fourth-order valence-corrected chi connectivity index (χ4v) is 5.94. The normalized spacial score (nSPS) is 21.5. The van der Waals surface area contributed by atoms with E-state index in [4.69, 9.17) is 16.2 Å². The molecule has 220 valence electrons. The fourth-order valence-electron chi connectivity index (χ4n) is 5.94. The quantitative estimate of drug-likeness (QED) is 0.196. The number of rotatable bonds is 12. The van der Waals surface area contributed by atoms with Crippen LogP contribution in [0.4, 0.5) is 0 Å². The smallest absolute Gasteiger partial charge is 0.257 e. The van der Waals surface area contributed by atoms with E-state index >= 15 is 0 Å². The molecule has 1 aliphatic heterocycles. The van der Waals surface area contributed by atoms with Gasteiger partial charge >= 0.3 is 0 Å². The number of carbonyl (C=O) groups is 2. The minimum atomic E-state index is -0.691. The Labute approximate surface area is 247 Å². The molecule has 3 aromatic carbocycles. The van der Waals surface area contributed by atoms with E-state index in [0.29, 0.717) is 51.2 Å². The molecule has 1 heterocycles. The van der Waals surface area contributed by atoms with Crippen molar-refractivity contribution in [3.8, 4) is 5.75 Å². The first-order valence-corrected chi connectivity index (χ1v) is 14.6. The van der Waals surface area contributed by atoms with Crippen LogP contribution in [0.15, 0.2) is 96.0 Å². The molecule has 1 saturated heterocycles. The molecule has 2 aliphatic rings. The van der Waals surface area contributed by atoms with Crippen molar-refractivity contribution in [3.05, 3.63) is 102 Å². The molecule has 9 nitrogen and oxygen atoms in total. The first-order chi connectivity index (χ1) is 20.4. The van der Waals surface area contributed by atoms with Gasteiger partial charge in [-0.2, -0.15) is 0 Å². The zero-order valence-corrected chi connectivity index (χ0v) is 23.8. The van der Waals surface area contributed by atoms with Crippen molar-refractivity contribution in [1.82, 2.24) is 15.5 Å². The lowest BCUT2D eigenvalue weighted by atomic mass is 9.90. The van der Waals surface area contributed by atoms with E-state index < -0.39 is 5.54 Å². The lowest BCUT2D eigenvalue weighted by Crippen LogP contribution is -2.52. The number of nitrogens with one attached hydrogen (secondary N) is 2. The lowest BCUT2D eigenvalue weighted by molar-refractivity contribution is -0.134. The van der Waals surface area contributed by atoms with Crippen molar-refractivity contribution < 1.29 is 14.3 Å². The summed E-state index contributed by atoms with van der Waals surface area (Å²) < 4.78 is 5.60. The minimum Gasteiger partial charge on any atom is -0.484 e. The van der Waals surface area contributed by atoms with Crippen LogP contribution < -0.4 is 26.8 Å². The van der Waals surface area contributed by atoms with Gasteiger partial charge in [0.2, 0.25) is 5.91 Å². The molecule has 1 aliphatic carbocycles. The van der Waals surface area contributed by atoms with Gasteiger partial charge in [-0.25, -0.2) is 0 Å². The van der Waals surface area contributed by atoms with Gasteiger partial charge in [0.05, 0.1) is 0 Å². The first kappa shape index (κ1) is 29.1. The molecule has 3 atom stereocenters. The van der Waals surface area contributed by atoms with Gasteiger partial charge in [-0.1, -0.05) is 78.9 Å². The Kier molecular flexibility index (Phi) is 9.38. The van der Waals surface area contributed by atoms with Crippen molar-refractivity contribution in [3.63, 3.8) is 0 Å². The molecule has 0 bridgehead atoms. The van der Waals surface area contributed by atoms with Crippen LogP contribution in [-0.2, 0) is 9.59 Å². The molecule has 2 fully saturated rings. The Morgan fingerprint density at radius 2 is 1.62 bits per heavy atom. The van der Waals surface area contributed by atoms with Gasteiger partial charge in [-0.15, -0.1) is 0 Å². The summed E-state index contributed by atoms with van der Waals surface area (Å²) in [6, 6.07) is 29.9. The van der Waals surface area contributed by atoms with Crippen molar-refractivity contribution in [2.45, 2.75) is 36.8 Å². The summed E-state index contributed by atoms with van der Waals surface area (Å²) in [7, 11) is 0. The predicted octanol–water partition coefficient (Wildman–Crippen LogP) is 2.63. The minimum absolute atomic E-state index is 0.0404. The van der Waals surface area contributed by atoms with Crippen molar-refractivity contribution >= 4 is 17.8 Å². The van der Waals surface area contributed by atoms with E-state index in [1.807, 2.05) is 71.6 Å². The number of guanidine groups is 1. The molecule has 6 N–H and O–H groups in total. The third kappa shape index (κ3) is 7.28. The Hall–Kier alpha value is -4.37. The number of para-hydroxylation sites is 1. The SMILES string of the molecule is NC(N)=NCCC1CC12N[C@H](CNC(=O)COc1ccccc1)CCN(CC(c1ccccc1)c1ccccc1)C2=O. The van der Waals surface area contributed by atoms with Crippen LogP contribution in [0.25, 0.3) is 0 Å². The number of hydrogen-bond donors (Lipinski definition) is 4. The molecule has 42 heavy (non-hydrogen) atoms. The van der Waals surface area contributed by atoms with Crippen molar-refractivity contribution in [1.29, 1.82) is 0 Å². The molecule has 2 amide bonds. The summed E-state index contributed by atoms with van der Waals surface area (Å²) in [4.78, 5) is 33.0. The third-order valence-electron chi connectivity index (χ3n) is 8.22. The number of aliphatic imine (C=N–C) groups is 1. The van der Waals surface area contributed by atoms with Gasteiger partial charge in [0.15, 0.2) is 12.6 Å². The van der Waals surface area contributed by atoms with Crippen LogP contribution in [0.2, 0.25) is 0 Å². The number of carbonyl (C=O) groups excluding carboxylic acids is 2. The van der Waals surface area contributed by atoms with Gasteiger partial charge in [-0.3, -0.25) is 19.9 Å². The highest BCUT2D eigenvalue weighted by molar-refractivity contribution is 5.90. The second kappa shape index (κ2) is 13.5. The Bertz CT molecular complexity index is 1310. The average molecular weight is 569 g/mol. The number of amides is 2. The zero-order valence-electron chi connectivity index (χ0n) is 23.8. The Morgan fingerprint density at radius 1 is 1.00 bits per heavy atom. The highest BCUT2D eigenvalue weighted by Crippen LogP contribution is 2.49. The highest BCUT2D eigenvalue weighted by atomic mass is 16.5. The maximum absolute atomic E-state index is 14.2. The van der Waals surface area contributed by atoms with E-state index in [9.17, 15) is 9.59 Å². The Morgan fingerprint density at radius 3 is 2.24 bits per heavy atom. The standard InChI is InChI=1S/C33H40N6O3/c34-32(35)36-18-16-26-20-33(26)31(41)39(22-29(24-10-4-1-5-11-24)25-12-6-2-7-13-25)19-17-27(38-33)21-37-30(40)23-42-28-14-8-3-9-15-28/h1-15,26-27,29,38H,16-23H2,(H,37,40)(H4,34,35,36)/t26?,27-,33?/m0/s1. The van der Waals surface area contributed by atoms with Crippen LogP contribution in [0.1, 0.15) is 36.3 Å². The van der Waals surface area contributed by atoms with E-state index in [0.717, 1.165) is 0 Å². The van der Waals surface area contributed by atoms with Gasteiger partial charge in [-0.05, 0) is 48.4 Å². The highest BCUT2D eigenvalue weighted by Gasteiger charge is 2.62. The molecule has 5 rings (SSSR count). The molecular formula is C33H40N6O3. The van der Waals surface area contributed by atoms with E-state index in [2.05, 4.69) is 39.9 Å². The summed E-state index contributed by atoms with van der Waals surface area (Å²) in [5, 5.41) is 6.66. The number of nitrogens with zero attached hydrogens (tertiary/aromatic N) is 2. The van der Waals surface area contributed by atoms with Gasteiger partial charge in [0, 0.05) is 38.1 Å². The summed E-state index contributed by atoms with van der Waals surface area (Å²) >= 11 is 0. The summed E-state index contributed by atoms with van der Waals surface area (Å²) in [5.41, 5.74) is 12.7. The number of nitrogens with two attached hydrogens (primary N) is 2. The van der Waals surface area contributed by atoms with E-state index in [-0.39, 0.29) is 42.3 Å². The average Bonchev–Trinajstić information content (AvgIpc) is 3.74. The lowest BCUT2D eigenvalue weighted by Gasteiger charge is -2.30. The molecule has 1 saturated carbocycles. The van der Waals surface area contributed by atoms with Crippen LogP contribution in [0.5, 0.6) is 5.75 Å². The summed E-state index contributed by atoms with van der Waals surface area (Å²) in [5.74, 6) is 0.761. The molecule has 3 aromatic rings. The maximum Gasteiger partial charge on any atom is 0.257 e. The zero-order chi connectivity index (χ0) is 29.4. The van der Waals surface area contributed by atoms with Gasteiger partial charge < -0.3 is 26.4 Å². The van der Waals surface area contributed by atoms with Crippen LogP contribution >= 0.6 is 0 Å². The van der Waals surface area contributed by atoms with Crippen LogP contribution in [0.3, 0.4) is 0 Å². The molecule has 0 aromatic heterocycles. The van der Waals surface area contributed by atoms with Gasteiger partial charge in [0.1, 0.15) is 11.3 Å². The summed E-state index contributed by atoms with van der Waals surface area (Å²) in [6.45, 7) is 1.97. The Balaban J connectivity index is 1.30. The molecule has 9 heteroatoms. The predicted molar refractivity (Wildman–Crippen MR) is 164 cm³/mol. The molecule has 0 radical (unpaired) electrons. The number of ether oxygens (including phenoxy) is 1. The van der Waals surface area contributed by atoms with Gasteiger partial charge in [0.25, 0.3) is 5.91 Å². The van der Waals surface area contributed by atoms with E-state index in [1.54, 1.807) is 0 Å². The van der Waals surface area contributed by atoms with E-state index in [1.165, 1.54) is 11.1 Å². The van der Waals surface area contributed by atoms with Crippen molar-refractivity contribution in [2.24, 2.45) is 22.4 Å². The summed E-state index contributed by atoms with van der Waals surface area (Å²) in [6.07, 6.45) is 2.13. The molecule has 1 spiro atoms. The second-order valence-electron chi connectivity index (χ2n) is 11.1. The largest absolute Gasteiger partial charge is 0.484 e. The monoisotopic (exact) mass is 568 g/mol. The number of hydrogen-bond acceptors (Lipinski definition) is 5. The van der Waals surface area contributed by atoms with Crippen LogP contribution in [0, 0.1) is 5.92 Å². The van der Waals surface area contributed by atoms with Crippen molar-refractivity contribution in [2.75, 3.05) is 32.8 Å². The maximum atomic E-state index is 14.2. The number of benzene rings is 3. The topological polar surface area (TPSA) is 135 Å². The molecular weight excluding hydrogens is 528 g/mol. The second-order valence-corrected chi connectivity index (χ2v) is 11.1. The fraction of sp³-hybridized carbons (Fsp3) is 0.364. The first-order valence-electron chi connectivity index (χ1n) is 14.6. The third-order valence-corrected chi connectivity index (χ3v) is 8.22.